The van der Waals surface area contributed by atoms with E-state index in [1.54, 1.807) is 77.0 Å². The van der Waals surface area contributed by atoms with Crippen LogP contribution in [0.4, 0.5) is 0 Å². The Morgan fingerprint density at radius 1 is 0.278 bits per heavy atom. The molecule has 10 saturated carbocycles. The van der Waals surface area contributed by atoms with Crippen LogP contribution >= 0.6 is 0 Å². The molecule has 10 aliphatic carbocycles. The third-order valence-electron chi connectivity index (χ3n) is 21.5. The summed E-state index contributed by atoms with van der Waals surface area (Å²) in [5.41, 5.74) is 1.14. The van der Waals surface area contributed by atoms with E-state index < -0.39 is 0 Å². The van der Waals surface area contributed by atoms with Crippen molar-refractivity contribution in [3.63, 3.8) is 0 Å². The predicted octanol–water partition coefficient (Wildman–Crippen LogP) is 13.9. The second-order valence-electron chi connectivity index (χ2n) is 24.0. The third-order valence-corrected chi connectivity index (χ3v) is 21.5. The topological polar surface area (TPSA) is 6.48 Å². The Morgan fingerprint density at radius 3 is 1.06 bits per heavy atom. The first kappa shape index (κ1) is 38.1. The maximum absolute atomic E-state index is 3.45. The van der Waals surface area contributed by atoms with Crippen LogP contribution < -0.4 is 0 Å². The largest absolute Gasteiger partial charge is 0.294 e. The average Bonchev–Trinajstić information content (AvgIpc) is 3.58. The quantitative estimate of drug-likeness (QED) is 0.268. The first-order valence-electron chi connectivity index (χ1n) is 25.9. The Hall–Kier alpha value is -0.0800. The van der Waals surface area contributed by atoms with Gasteiger partial charge in [-0.05, 0) is 186 Å². The average molecular weight is 741 g/mol. The predicted molar refractivity (Wildman–Crippen MR) is 227 cm³/mol. The number of hydrogen-bond acceptors (Lipinski definition) is 2. The molecule has 0 N–H and O–H groups in total. The molecule has 0 aliphatic heterocycles. The van der Waals surface area contributed by atoms with Gasteiger partial charge in [-0.25, -0.2) is 0 Å². The van der Waals surface area contributed by atoms with Crippen LogP contribution in [0, 0.1) is 70.0 Å². The molecular formula is C52H88N2. The first-order chi connectivity index (χ1) is 26.3. The van der Waals surface area contributed by atoms with Crippen molar-refractivity contribution >= 4 is 0 Å². The van der Waals surface area contributed by atoms with Gasteiger partial charge < -0.3 is 0 Å². The van der Waals surface area contributed by atoms with Crippen LogP contribution in [0.25, 0.3) is 0 Å². The van der Waals surface area contributed by atoms with Crippen molar-refractivity contribution in [1.82, 2.24) is 9.80 Å². The second-order valence-corrected chi connectivity index (χ2v) is 24.0. The maximum Gasteiger partial charge on any atom is 0.0133 e. The molecule has 14 unspecified atom stereocenters. The van der Waals surface area contributed by atoms with E-state index in [0.717, 1.165) is 95.4 Å². The first-order valence-corrected chi connectivity index (χ1v) is 25.9. The highest BCUT2D eigenvalue weighted by Crippen LogP contribution is 2.65. The monoisotopic (exact) mass is 741 g/mol. The molecule has 0 aromatic heterocycles. The van der Waals surface area contributed by atoms with Gasteiger partial charge in [0.2, 0.25) is 0 Å². The Balaban J connectivity index is 0.930. The van der Waals surface area contributed by atoms with E-state index in [1.165, 1.54) is 116 Å². The van der Waals surface area contributed by atoms with Crippen LogP contribution in [0.5, 0.6) is 0 Å². The summed E-state index contributed by atoms with van der Waals surface area (Å²) < 4.78 is 0. The molecule has 2 heteroatoms. The maximum atomic E-state index is 3.45. The number of fused-ring (bicyclic) bond motifs is 7. The Labute approximate surface area is 335 Å². The van der Waals surface area contributed by atoms with Gasteiger partial charge in [0.25, 0.3) is 0 Å². The highest BCUT2D eigenvalue weighted by molar-refractivity contribution is 5.11. The molecule has 0 bridgehead atoms. The smallest absolute Gasteiger partial charge is 0.0133 e. The summed E-state index contributed by atoms with van der Waals surface area (Å²) in [4.78, 5) is 6.90. The summed E-state index contributed by atoms with van der Waals surface area (Å²) in [5, 5.41) is 0. The summed E-state index contributed by atoms with van der Waals surface area (Å²) in [6.07, 6.45) is 46.1. The SMILES string of the molecule is CC1(C)C2CCCCC2C2CCC(N(C3CCCCC3)C3CCCC4C3CCCC4N(C3CCCCC3)C3CCC4C5CCCCC5C(C)(C)C4C3)CC21. The molecular weight excluding hydrogens is 653 g/mol. The highest BCUT2D eigenvalue weighted by Gasteiger charge is 2.60. The van der Waals surface area contributed by atoms with Gasteiger partial charge in [0.15, 0.2) is 0 Å². The second kappa shape index (κ2) is 15.5. The fraction of sp³-hybridized carbons (Fsp3) is 1.00. The standard InChI is InChI=1S/C52H88N2/c1-51(2)45-25-13-11-21-39(45)41-31-29-37(33-47(41)51)53(35-17-7-5-8-18-35)49-27-15-24-44-43(49)23-16-28-50(44)54(36-19-9-6-10-20-36)38-30-32-42-40-22-12-14-26-46(40)52(3,4)48(42)34-38/h35-50H,5-34H2,1-4H3. The highest BCUT2D eigenvalue weighted by atomic mass is 15.3. The molecule has 0 amide bonds. The van der Waals surface area contributed by atoms with Crippen molar-refractivity contribution in [1.29, 1.82) is 0 Å². The van der Waals surface area contributed by atoms with E-state index in [2.05, 4.69) is 37.5 Å². The van der Waals surface area contributed by atoms with Gasteiger partial charge in [-0.3, -0.25) is 9.80 Å². The van der Waals surface area contributed by atoms with Crippen LogP contribution in [0.2, 0.25) is 0 Å². The molecule has 0 aromatic carbocycles. The number of rotatable bonds is 6. The minimum atomic E-state index is 0.572. The molecule has 0 spiro atoms. The van der Waals surface area contributed by atoms with Crippen molar-refractivity contribution < 1.29 is 0 Å². The summed E-state index contributed by atoms with van der Waals surface area (Å²) >= 11 is 0. The van der Waals surface area contributed by atoms with Crippen molar-refractivity contribution in [2.75, 3.05) is 0 Å². The van der Waals surface area contributed by atoms with E-state index in [4.69, 9.17) is 0 Å². The molecule has 0 radical (unpaired) electrons. The van der Waals surface area contributed by atoms with Gasteiger partial charge in [-0.15, -0.1) is 0 Å². The molecule has 2 nitrogen and oxygen atoms in total. The molecule has 10 rings (SSSR count). The van der Waals surface area contributed by atoms with Crippen molar-refractivity contribution in [2.45, 2.75) is 257 Å². The Bertz CT molecular complexity index is 1160. The van der Waals surface area contributed by atoms with Crippen molar-refractivity contribution in [2.24, 2.45) is 70.0 Å². The summed E-state index contributed by atoms with van der Waals surface area (Å²) in [7, 11) is 0. The van der Waals surface area contributed by atoms with E-state index in [-0.39, 0.29) is 0 Å². The zero-order valence-electron chi connectivity index (χ0n) is 36.3. The normalized spacial score (nSPS) is 48.1. The summed E-state index contributed by atoms with van der Waals surface area (Å²) in [5.74, 6) is 10.3. The number of hydrogen-bond donors (Lipinski definition) is 0. The lowest BCUT2D eigenvalue weighted by Gasteiger charge is -2.59. The van der Waals surface area contributed by atoms with Crippen LogP contribution in [0.1, 0.15) is 220 Å². The number of nitrogens with zero attached hydrogens (tertiary/aromatic N) is 2. The Kier molecular flexibility index (Phi) is 11.0. The van der Waals surface area contributed by atoms with Gasteiger partial charge in [-0.2, -0.15) is 0 Å². The Morgan fingerprint density at radius 2 is 0.630 bits per heavy atom. The molecule has 10 fully saturated rings. The zero-order chi connectivity index (χ0) is 36.6. The molecule has 54 heavy (non-hydrogen) atoms. The van der Waals surface area contributed by atoms with Gasteiger partial charge in [-0.1, -0.05) is 105 Å². The van der Waals surface area contributed by atoms with Gasteiger partial charge in [0.1, 0.15) is 0 Å². The van der Waals surface area contributed by atoms with E-state index in [9.17, 15) is 0 Å². The van der Waals surface area contributed by atoms with Gasteiger partial charge in [0.05, 0.1) is 0 Å². The third kappa shape index (κ3) is 6.50. The van der Waals surface area contributed by atoms with E-state index >= 15 is 0 Å². The molecule has 0 heterocycles. The van der Waals surface area contributed by atoms with E-state index in [0.29, 0.717) is 10.8 Å². The molecule has 10 aliphatic rings. The van der Waals surface area contributed by atoms with Gasteiger partial charge in [0, 0.05) is 36.3 Å². The summed E-state index contributed by atoms with van der Waals surface area (Å²) in [6.45, 7) is 11.1. The lowest BCUT2D eigenvalue weighted by molar-refractivity contribution is -0.0904. The van der Waals surface area contributed by atoms with Crippen LogP contribution in [-0.2, 0) is 0 Å². The van der Waals surface area contributed by atoms with Crippen LogP contribution in [0.15, 0.2) is 0 Å². The zero-order valence-corrected chi connectivity index (χ0v) is 36.3. The fourth-order valence-electron chi connectivity index (χ4n) is 19.5. The van der Waals surface area contributed by atoms with E-state index in [1.807, 2.05) is 0 Å². The minimum absolute atomic E-state index is 0.572. The lowest BCUT2D eigenvalue weighted by Crippen LogP contribution is -2.62. The van der Waals surface area contributed by atoms with Crippen molar-refractivity contribution in [3.05, 3.63) is 0 Å². The van der Waals surface area contributed by atoms with Crippen LogP contribution in [0.3, 0.4) is 0 Å². The fourth-order valence-corrected chi connectivity index (χ4v) is 19.5. The molecule has 0 aromatic rings. The molecule has 14 atom stereocenters. The molecule has 306 valence electrons. The minimum Gasteiger partial charge on any atom is -0.294 e. The summed E-state index contributed by atoms with van der Waals surface area (Å²) in [6, 6.07) is 5.35. The molecule has 0 saturated heterocycles. The lowest BCUT2D eigenvalue weighted by atomic mass is 9.62. The van der Waals surface area contributed by atoms with Crippen LogP contribution in [-0.4, -0.2) is 46.1 Å². The van der Waals surface area contributed by atoms with Crippen molar-refractivity contribution in [3.8, 4) is 0 Å². The van der Waals surface area contributed by atoms with Gasteiger partial charge >= 0.3 is 0 Å².